The molecule has 6 rings (SSSR count). The standard InChI is InChI=1S/C29H32F2N4O/c1-19-32-17-25(33-19)20-10-11-21(24(31)16-20)18-35-26-8-4-2-6-22(26)29(28(35)36)12-14-34(15-13-29)27-9-5-3-7-23(27)30/h2,4,6,8,10-11,16-17,19,23,27H,3,5,7,9,12-15,18H2,1H3. The van der Waals surface area contributed by atoms with Crippen molar-refractivity contribution >= 4 is 23.5 Å². The molecule has 3 aliphatic heterocycles. The second-order valence-corrected chi connectivity index (χ2v) is 10.6. The zero-order valence-corrected chi connectivity index (χ0v) is 20.7. The monoisotopic (exact) mass is 490 g/mol. The third-order valence-corrected chi connectivity index (χ3v) is 8.55. The van der Waals surface area contributed by atoms with Crippen LogP contribution in [0.4, 0.5) is 14.5 Å². The minimum atomic E-state index is -0.772. The third-order valence-electron chi connectivity index (χ3n) is 8.55. The summed E-state index contributed by atoms with van der Waals surface area (Å²) >= 11 is 0. The van der Waals surface area contributed by atoms with Crippen LogP contribution in [-0.2, 0) is 16.8 Å². The van der Waals surface area contributed by atoms with Gasteiger partial charge in [-0.2, -0.15) is 0 Å². The van der Waals surface area contributed by atoms with Gasteiger partial charge >= 0.3 is 0 Å². The summed E-state index contributed by atoms with van der Waals surface area (Å²) in [6.45, 7) is 3.49. The molecular weight excluding hydrogens is 458 g/mol. The quantitative estimate of drug-likeness (QED) is 0.591. The zero-order chi connectivity index (χ0) is 24.9. The molecule has 1 saturated carbocycles. The molecule has 36 heavy (non-hydrogen) atoms. The molecule has 1 spiro atoms. The van der Waals surface area contributed by atoms with E-state index in [9.17, 15) is 9.18 Å². The highest BCUT2D eigenvalue weighted by atomic mass is 19.1. The highest BCUT2D eigenvalue weighted by Crippen LogP contribution is 2.49. The minimum Gasteiger partial charge on any atom is -0.307 e. The van der Waals surface area contributed by atoms with Gasteiger partial charge in [0, 0.05) is 29.1 Å². The summed E-state index contributed by atoms with van der Waals surface area (Å²) in [6.07, 6.45) is 5.68. The number of aliphatic imine (C=N–C) groups is 2. The SMILES string of the molecule is CC1N=CC(c2ccc(CN3C(=O)C4(CCN(C5CCCCC5F)CC4)c4ccccc43)c(F)c2)=N1. The van der Waals surface area contributed by atoms with Crippen molar-refractivity contribution < 1.29 is 13.6 Å². The summed E-state index contributed by atoms with van der Waals surface area (Å²) in [7, 11) is 0. The van der Waals surface area contributed by atoms with E-state index < -0.39 is 11.6 Å². The molecule has 0 bridgehead atoms. The summed E-state index contributed by atoms with van der Waals surface area (Å²) in [4.78, 5) is 26.6. The molecule has 0 radical (unpaired) electrons. The Balaban J connectivity index is 1.24. The van der Waals surface area contributed by atoms with Crippen molar-refractivity contribution in [3.8, 4) is 0 Å². The van der Waals surface area contributed by atoms with Crippen molar-refractivity contribution in [2.24, 2.45) is 9.98 Å². The summed E-state index contributed by atoms with van der Waals surface area (Å²) in [5, 5.41) is 0. The van der Waals surface area contributed by atoms with Crippen molar-refractivity contribution in [2.75, 3.05) is 18.0 Å². The topological polar surface area (TPSA) is 48.3 Å². The van der Waals surface area contributed by atoms with Crippen LogP contribution in [0.25, 0.3) is 0 Å². The first-order chi connectivity index (χ1) is 17.5. The lowest BCUT2D eigenvalue weighted by Gasteiger charge is -2.44. The Kier molecular flexibility index (Phi) is 5.98. The number of fused-ring (bicyclic) bond motifs is 2. The lowest BCUT2D eigenvalue weighted by Crippen LogP contribution is -2.53. The smallest absolute Gasteiger partial charge is 0.238 e. The summed E-state index contributed by atoms with van der Waals surface area (Å²) < 4.78 is 29.8. The van der Waals surface area contributed by atoms with Crippen LogP contribution in [0.2, 0.25) is 0 Å². The Morgan fingerprint density at radius 3 is 2.58 bits per heavy atom. The Bertz CT molecular complexity index is 1230. The van der Waals surface area contributed by atoms with Crippen molar-refractivity contribution in [3.63, 3.8) is 0 Å². The first kappa shape index (κ1) is 23.5. The maximum Gasteiger partial charge on any atom is 0.238 e. The number of anilines is 1. The van der Waals surface area contributed by atoms with Crippen LogP contribution in [-0.4, -0.2) is 54.2 Å². The van der Waals surface area contributed by atoms with Crippen LogP contribution < -0.4 is 4.90 Å². The summed E-state index contributed by atoms with van der Waals surface area (Å²) in [5.41, 5.74) is 3.11. The molecule has 1 aliphatic carbocycles. The van der Waals surface area contributed by atoms with Gasteiger partial charge in [-0.05, 0) is 63.4 Å². The van der Waals surface area contributed by atoms with Gasteiger partial charge in [0.25, 0.3) is 0 Å². The van der Waals surface area contributed by atoms with Gasteiger partial charge in [0.05, 0.1) is 17.7 Å². The molecular formula is C29H32F2N4O. The molecule has 7 heteroatoms. The number of hydrogen-bond acceptors (Lipinski definition) is 4. The fourth-order valence-electron chi connectivity index (χ4n) is 6.55. The highest BCUT2D eigenvalue weighted by Gasteiger charge is 2.52. The van der Waals surface area contributed by atoms with Crippen molar-refractivity contribution in [3.05, 3.63) is 65.0 Å². The van der Waals surface area contributed by atoms with Crippen molar-refractivity contribution in [1.29, 1.82) is 0 Å². The molecule has 1 amide bonds. The van der Waals surface area contributed by atoms with E-state index in [0.717, 1.165) is 30.5 Å². The van der Waals surface area contributed by atoms with E-state index in [1.165, 1.54) is 6.07 Å². The lowest BCUT2D eigenvalue weighted by atomic mass is 9.73. The van der Waals surface area contributed by atoms with Gasteiger partial charge in [-0.3, -0.25) is 19.7 Å². The first-order valence-electron chi connectivity index (χ1n) is 13.2. The van der Waals surface area contributed by atoms with Gasteiger partial charge in [0.1, 0.15) is 18.2 Å². The van der Waals surface area contributed by atoms with E-state index in [1.54, 1.807) is 17.2 Å². The average Bonchev–Trinajstić information content (AvgIpc) is 3.42. The van der Waals surface area contributed by atoms with Crippen LogP contribution in [0, 0.1) is 5.82 Å². The third kappa shape index (κ3) is 3.88. The summed E-state index contributed by atoms with van der Waals surface area (Å²) in [6, 6.07) is 13.0. The van der Waals surface area contributed by atoms with Crippen LogP contribution in [0.1, 0.15) is 62.1 Å². The van der Waals surface area contributed by atoms with Gasteiger partial charge in [0.15, 0.2) is 0 Å². The second kappa shape index (κ2) is 9.18. The van der Waals surface area contributed by atoms with E-state index in [4.69, 9.17) is 0 Å². The molecule has 3 heterocycles. The fourth-order valence-corrected chi connectivity index (χ4v) is 6.55. The van der Waals surface area contributed by atoms with Gasteiger partial charge in [-0.15, -0.1) is 0 Å². The number of likely N-dealkylation sites (tertiary alicyclic amines) is 1. The number of para-hydroxylation sites is 1. The molecule has 0 N–H and O–H groups in total. The number of halogens is 2. The van der Waals surface area contributed by atoms with Crippen LogP contribution in [0.15, 0.2) is 52.4 Å². The maximum absolute atomic E-state index is 15.2. The number of piperidine rings is 1. The van der Waals surface area contributed by atoms with E-state index in [-0.39, 0.29) is 30.5 Å². The molecule has 1 saturated heterocycles. The van der Waals surface area contributed by atoms with E-state index in [0.29, 0.717) is 49.2 Å². The average molecular weight is 491 g/mol. The van der Waals surface area contributed by atoms with Gasteiger partial charge < -0.3 is 4.90 Å². The zero-order valence-electron chi connectivity index (χ0n) is 20.7. The van der Waals surface area contributed by atoms with Crippen molar-refractivity contribution in [2.45, 2.75) is 75.8 Å². The molecule has 5 nitrogen and oxygen atoms in total. The van der Waals surface area contributed by atoms with Gasteiger partial charge in [-0.25, -0.2) is 8.78 Å². The van der Waals surface area contributed by atoms with E-state index >= 15 is 4.39 Å². The maximum atomic E-state index is 15.2. The largest absolute Gasteiger partial charge is 0.307 e. The Morgan fingerprint density at radius 2 is 1.86 bits per heavy atom. The van der Waals surface area contributed by atoms with Crippen LogP contribution >= 0.6 is 0 Å². The molecule has 0 aromatic heterocycles. The molecule has 188 valence electrons. The lowest BCUT2D eigenvalue weighted by molar-refractivity contribution is -0.125. The number of carbonyl (C=O) groups excluding carboxylic acids is 1. The van der Waals surface area contributed by atoms with E-state index in [2.05, 4.69) is 14.9 Å². The van der Waals surface area contributed by atoms with E-state index in [1.807, 2.05) is 37.3 Å². The second-order valence-electron chi connectivity index (χ2n) is 10.6. The molecule has 2 fully saturated rings. The number of nitrogens with zero attached hydrogens (tertiary/aromatic N) is 4. The van der Waals surface area contributed by atoms with Crippen LogP contribution in [0.3, 0.4) is 0 Å². The number of carbonyl (C=O) groups is 1. The first-order valence-corrected chi connectivity index (χ1v) is 13.2. The molecule has 4 aliphatic rings. The Labute approximate surface area is 210 Å². The molecule has 2 aromatic carbocycles. The Morgan fingerprint density at radius 1 is 1.08 bits per heavy atom. The number of rotatable bonds is 4. The normalized spacial score (nSPS) is 27.5. The fraction of sp³-hybridized carbons (Fsp3) is 0.483. The summed E-state index contributed by atoms with van der Waals surface area (Å²) in [5.74, 6) is -0.316. The minimum absolute atomic E-state index is 0.0240. The van der Waals surface area contributed by atoms with Crippen molar-refractivity contribution in [1.82, 2.24) is 4.90 Å². The predicted octanol–water partition coefficient (Wildman–Crippen LogP) is 5.21. The van der Waals surface area contributed by atoms with Gasteiger partial charge in [-0.1, -0.05) is 43.2 Å². The molecule has 2 aromatic rings. The number of benzene rings is 2. The molecule has 3 unspecified atom stereocenters. The highest BCUT2D eigenvalue weighted by molar-refractivity contribution is 6.39. The van der Waals surface area contributed by atoms with Crippen LogP contribution in [0.5, 0.6) is 0 Å². The number of alkyl halides is 1. The predicted molar refractivity (Wildman–Crippen MR) is 138 cm³/mol. The Hall–Kier alpha value is -2.93. The van der Waals surface area contributed by atoms with Gasteiger partial charge in [0.2, 0.25) is 5.91 Å². The number of amides is 1. The number of hydrogen-bond donors (Lipinski definition) is 0. The molecule has 3 atom stereocenters.